The fourth-order valence-corrected chi connectivity index (χ4v) is 5.53. The lowest BCUT2D eigenvalue weighted by Gasteiger charge is -2.31. The minimum Gasteiger partial charge on any atom is -0.316 e. The topological polar surface area (TPSA) is 96.7 Å². The van der Waals surface area contributed by atoms with Gasteiger partial charge in [-0.1, -0.05) is 30.3 Å². The lowest BCUT2D eigenvalue weighted by molar-refractivity contribution is 0.102. The lowest BCUT2D eigenvalue weighted by atomic mass is 10.1. The standard InChI is InChI=1S/C24H29N5O4S/c1-18-22(24(31)29(27(18)3)21-7-5-4-6-8-21)25-23(30)20-11-9-19(10-12-20)17-34(32,33)28-15-13-26(2)14-16-28/h4-12H,13-17H2,1-3H3,(H,25,30). The molecule has 0 radical (unpaired) electrons. The minimum absolute atomic E-state index is 0.113. The first-order chi connectivity index (χ1) is 16.2. The Labute approximate surface area is 199 Å². The predicted octanol–water partition coefficient (Wildman–Crippen LogP) is 1.81. The van der Waals surface area contributed by atoms with Gasteiger partial charge in [0.1, 0.15) is 5.69 Å². The van der Waals surface area contributed by atoms with Gasteiger partial charge in [0.05, 0.1) is 17.1 Å². The molecule has 1 aliphatic rings. The van der Waals surface area contributed by atoms with Gasteiger partial charge in [0, 0.05) is 38.8 Å². The van der Waals surface area contributed by atoms with E-state index in [2.05, 4.69) is 10.2 Å². The fourth-order valence-electron chi connectivity index (χ4n) is 4.02. The molecular weight excluding hydrogens is 454 g/mol. The van der Waals surface area contributed by atoms with Gasteiger partial charge in [0.2, 0.25) is 10.0 Å². The van der Waals surface area contributed by atoms with E-state index in [1.807, 2.05) is 37.4 Å². The summed E-state index contributed by atoms with van der Waals surface area (Å²) in [6.45, 7) is 4.15. The number of amides is 1. The second-order valence-corrected chi connectivity index (χ2v) is 10.5. The average Bonchev–Trinajstić information content (AvgIpc) is 3.03. The molecule has 1 amide bonds. The van der Waals surface area contributed by atoms with E-state index in [-0.39, 0.29) is 17.0 Å². The molecule has 10 heteroatoms. The number of piperazine rings is 1. The number of sulfonamides is 1. The van der Waals surface area contributed by atoms with Crippen LogP contribution in [0.25, 0.3) is 5.69 Å². The summed E-state index contributed by atoms with van der Waals surface area (Å²) in [6.07, 6.45) is 0. The van der Waals surface area contributed by atoms with E-state index in [9.17, 15) is 18.0 Å². The number of anilines is 1. The highest BCUT2D eigenvalue weighted by Crippen LogP contribution is 2.17. The van der Waals surface area contributed by atoms with Crippen molar-refractivity contribution in [2.45, 2.75) is 12.7 Å². The molecule has 1 aromatic heterocycles. The summed E-state index contributed by atoms with van der Waals surface area (Å²) in [5.74, 6) is -0.544. The molecule has 4 rings (SSSR count). The molecule has 1 aliphatic heterocycles. The normalized spacial score (nSPS) is 15.4. The first kappa shape index (κ1) is 23.9. The van der Waals surface area contributed by atoms with E-state index in [0.29, 0.717) is 48.7 Å². The molecule has 2 heterocycles. The van der Waals surface area contributed by atoms with Crippen molar-refractivity contribution < 1.29 is 13.2 Å². The SMILES string of the molecule is Cc1c(NC(=O)c2ccc(CS(=O)(=O)N3CCN(C)CC3)cc2)c(=O)n(-c2ccccc2)n1C. The van der Waals surface area contributed by atoms with Gasteiger partial charge in [-0.05, 0) is 43.8 Å². The van der Waals surface area contributed by atoms with Crippen LogP contribution in [0.3, 0.4) is 0 Å². The highest BCUT2D eigenvalue weighted by atomic mass is 32.2. The van der Waals surface area contributed by atoms with Crippen LogP contribution in [0.2, 0.25) is 0 Å². The van der Waals surface area contributed by atoms with Gasteiger partial charge in [0.25, 0.3) is 11.5 Å². The van der Waals surface area contributed by atoms with Crippen LogP contribution in [0.5, 0.6) is 0 Å². The number of likely N-dealkylation sites (N-methyl/N-ethyl adjacent to an activating group) is 1. The number of rotatable bonds is 6. The summed E-state index contributed by atoms with van der Waals surface area (Å²) < 4.78 is 30.2. The predicted molar refractivity (Wildman–Crippen MR) is 132 cm³/mol. The fraction of sp³-hybridized carbons (Fsp3) is 0.333. The Morgan fingerprint density at radius 1 is 0.941 bits per heavy atom. The average molecular weight is 484 g/mol. The van der Waals surface area contributed by atoms with E-state index in [4.69, 9.17) is 0 Å². The van der Waals surface area contributed by atoms with E-state index < -0.39 is 15.9 Å². The number of para-hydroxylation sites is 1. The maximum absolute atomic E-state index is 13.0. The molecule has 0 atom stereocenters. The van der Waals surface area contributed by atoms with Crippen molar-refractivity contribution in [3.05, 3.63) is 81.8 Å². The zero-order valence-electron chi connectivity index (χ0n) is 19.6. The Hall–Kier alpha value is -3.21. The molecule has 0 aliphatic carbocycles. The van der Waals surface area contributed by atoms with E-state index in [1.165, 1.54) is 8.99 Å². The lowest BCUT2D eigenvalue weighted by Crippen LogP contribution is -2.47. The molecule has 0 bridgehead atoms. The third kappa shape index (κ3) is 4.84. The van der Waals surface area contributed by atoms with Crippen molar-refractivity contribution in [3.8, 4) is 5.69 Å². The summed E-state index contributed by atoms with van der Waals surface area (Å²) in [7, 11) is 0.311. The molecule has 9 nitrogen and oxygen atoms in total. The molecule has 2 aromatic carbocycles. The first-order valence-corrected chi connectivity index (χ1v) is 12.7. The van der Waals surface area contributed by atoms with Crippen LogP contribution < -0.4 is 10.9 Å². The molecule has 180 valence electrons. The van der Waals surface area contributed by atoms with Crippen molar-refractivity contribution in [1.82, 2.24) is 18.6 Å². The zero-order chi connectivity index (χ0) is 24.5. The van der Waals surface area contributed by atoms with Crippen molar-refractivity contribution in [2.24, 2.45) is 7.05 Å². The number of benzene rings is 2. The number of nitrogens with zero attached hydrogens (tertiary/aromatic N) is 4. The van der Waals surface area contributed by atoms with Crippen molar-refractivity contribution >= 4 is 21.6 Å². The van der Waals surface area contributed by atoms with E-state index >= 15 is 0 Å². The molecule has 1 N–H and O–H groups in total. The Kier molecular flexibility index (Phi) is 6.74. The number of carbonyl (C=O) groups excluding carboxylic acids is 1. The molecule has 1 saturated heterocycles. The summed E-state index contributed by atoms with van der Waals surface area (Å²) in [5.41, 5.74) is 2.15. The van der Waals surface area contributed by atoms with Gasteiger partial charge < -0.3 is 10.2 Å². The molecule has 34 heavy (non-hydrogen) atoms. The summed E-state index contributed by atoms with van der Waals surface area (Å²) in [5, 5.41) is 2.73. The van der Waals surface area contributed by atoms with Crippen LogP contribution in [0.15, 0.2) is 59.4 Å². The molecule has 0 spiro atoms. The number of hydrogen-bond donors (Lipinski definition) is 1. The monoisotopic (exact) mass is 483 g/mol. The highest BCUT2D eigenvalue weighted by Gasteiger charge is 2.26. The second-order valence-electron chi connectivity index (χ2n) is 8.55. The zero-order valence-corrected chi connectivity index (χ0v) is 20.4. The molecular formula is C24H29N5O4S. The number of nitrogens with one attached hydrogen (secondary N) is 1. The number of hydrogen-bond acceptors (Lipinski definition) is 5. The summed E-state index contributed by atoms with van der Waals surface area (Å²) >= 11 is 0. The van der Waals surface area contributed by atoms with Gasteiger partial charge in [0.15, 0.2) is 0 Å². The van der Waals surface area contributed by atoms with Crippen LogP contribution in [0.1, 0.15) is 21.6 Å². The van der Waals surface area contributed by atoms with Crippen molar-refractivity contribution in [2.75, 3.05) is 38.5 Å². The molecule has 0 unspecified atom stereocenters. The maximum atomic E-state index is 13.0. The molecule has 1 fully saturated rings. The third-order valence-corrected chi connectivity index (χ3v) is 8.06. The summed E-state index contributed by atoms with van der Waals surface area (Å²) in [6, 6.07) is 15.6. The van der Waals surface area contributed by atoms with Crippen LogP contribution in [0.4, 0.5) is 5.69 Å². The van der Waals surface area contributed by atoms with Gasteiger partial charge >= 0.3 is 0 Å². The van der Waals surface area contributed by atoms with Crippen LogP contribution in [-0.4, -0.2) is 66.1 Å². The Bertz CT molecular complexity index is 1340. The summed E-state index contributed by atoms with van der Waals surface area (Å²) in [4.78, 5) is 28.0. The maximum Gasteiger partial charge on any atom is 0.295 e. The van der Waals surface area contributed by atoms with E-state index in [0.717, 1.165) is 0 Å². The molecule has 3 aromatic rings. The first-order valence-electron chi connectivity index (χ1n) is 11.1. The third-order valence-electron chi connectivity index (χ3n) is 6.21. The van der Waals surface area contributed by atoms with Crippen molar-refractivity contribution in [3.63, 3.8) is 0 Å². The molecule has 0 saturated carbocycles. The van der Waals surface area contributed by atoms with Crippen LogP contribution >= 0.6 is 0 Å². The number of aromatic nitrogens is 2. The Morgan fingerprint density at radius 2 is 1.56 bits per heavy atom. The Morgan fingerprint density at radius 3 is 2.18 bits per heavy atom. The second kappa shape index (κ2) is 9.57. The van der Waals surface area contributed by atoms with Crippen LogP contribution in [0, 0.1) is 6.92 Å². The van der Waals surface area contributed by atoms with Gasteiger partial charge in [-0.25, -0.2) is 13.1 Å². The quantitative estimate of drug-likeness (QED) is 0.577. The number of carbonyl (C=O) groups is 1. The van der Waals surface area contributed by atoms with Gasteiger partial charge in [-0.3, -0.25) is 14.3 Å². The highest BCUT2D eigenvalue weighted by molar-refractivity contribution is 7.88. The smallest absolute Gasteiger partial charge is 0.295 e. The van der Waals surface area contributed by atoms with Gasteiger partial charge in [-0.2, -0.15) is 4.31 Å². The van der Waals surface area contributed by atoms with Crippen molar-refractivity contribution in [1.29, 1.82) is 0 Å². The van der Waals surface area contributed by atoms with Crippen LogP contribution in [-0.2, 0) is 22.8 Å². The van der Waals surface area contributed by atoms with Gasteiger partial charge in [-0.15, -0.1) is 0 Å². The minimum atomic E-state index is -3.42. The largest absolute Gasteiger partial charge is 0.316 e. The van der Waals surface area contributed by atoms with E-state index in [1.54, 1.807) is 42.9 Å². The Balaban J connectivity index is 1.48.